The molecule has 0 bridgehead atoms. The van der Waals surface area contributed by atoms with Crippen molar-refractivity contribution in [2.45, 2.75) is 46.5 Å². The fourth-order valence-electron chi connectivity index (χ4n) is 9.44. The molecule has 1 aromatic heterocycles. The molecule has 3 fully saturated rings. The molecule has 1 aromatic rings. The summed E-state index contributed by atoms with van der Waals surface area (Å²) < 4.78 is 0. The Morgan fingerprint density at radius 1 is 1.09 bits per heavy atom. The molecule has 0 amide bonds. The molecule has 0 radical (unpaired) electrons. The number of Topliss-reactive ketones (excluding diaryl/α,β-unsaturated/α-hetero) is 1. The molecule has 1 unspecified atom stereocenters. The zero-order valence-electron chi connectivity index (χ0n) is 27.6. The van der Waals surface area contributed by atoms with Gasteiger partial charge >= 0.3 is 0 Å². The van der Waals surface area contributed by atoms with Crippen LogP contribution in [0.15, 0.2) is 66.3 Å². The summed E-state index contributed by atoms with van der Waals surface area (Å²) >= 11 is 0. The number of fused-ring (bicyclic) bond motifs is 5. The molecule has 4 aliphatic carbocycles. The Hall–Kier alpha value is -3.85. The van der Waals surface area contributed by atoms with Gasteiger partial charge in [-0.25, -0.2) is 0 Å². The second kappa shape index (κ2) is 12.7. The van der Waals surface area contributed by atoms with Gasteiger partial charge in [0.2, 0.25) is 5.95 Å². The van der Waals surface area contributed by atoms with Crippen LogP contribution in [-0.4, -0.2) is 78.5 Å². The molecule has 2 heterocycles. The molecule has 0 aromatic carbocycles. The van der Waals surface area contributed by atoms with Gasteiger partial charge in [0.1, 0.15) is 17.9 Å². The van der Waals surface area contributed by atoms with Crippen LogP contribution in [0.4, 0.5) is 17.6 Å². The van der Waals surface area contributed by atoms with Gasteiger partial charge in [-0.1, -0.05) is 43.2 Å². The minimum Gasteiger partial charge on any atom is -0.366 e. The third kappa shape index (κ3) is 5.57. The highest BCUT2D eigenvalue weighted by Gasteiger charge is 2.60. The van der Waals surface area contributed by atoms with Crippen LogP contribution in [0.2, 0.25) is 0 Å². The van der Waals surface area contributed by atoms with Crippen LogP contribution in [0, 0.1) is 34.5 Å². The zero-order chi connectivity index (χ0) is 32.6. The van der Waals surface area contributed by atoms with Gasteiger partial charge in [0.15, 0.2) is 11.6 Å². The molecule has 6 atom stereocenters. The normalized spacial score (nSPS) is 32.2. The summed E-state index contributed by atoms with van der Waals surface area (Å²) in [6.45, 7) is 19.1. The molecule has 1 aliphatic heterocycles. The van der Waals surface area contributed by atoms with Crippen molar-refractivity contribution in [1.82, 2.24) is 14.9 Å². The lowest BCUT2D eigenvalue weighted by molar-refractivity contribution is -0.129. The first-order valence-electron chi connectivity index (χ1n) is 16.8. The molecule has 5 aliphatic rings. The summed E-state index contributed by atoms with van der Waals surface area (Å²) in [5.41, 5.74) is 2.35. The number of rotatable bonds is 11. The lowest BCUT2D eigenvalue weighted by Gasteiger charge is -2.53. The van der Waals surface area contributed by atoms with Crippen molar-refractivity contribution in [3.63, 3.8) is 0 Å². The number of hydrogen-bond acceptors (Lipinski definition) is 9. The monoisotopic (exact) mass is 624 g/mol. The van der Waals surface area contributed by atoms with Crippen LogP contribution in [0.1, 0.15) is 46.5 Å². The van der Waals surface area contributed by atoms with E-state index in [1.54, 1.807) is 18.2 Å². The van der Waals surface area contributed by atoms with E-state index in [4.69, 9.17) is 4.98 Å². The topological polar surface area (TPSA) is 108 Å². The van der Waals surface area contributed by atoms with Crippen molar-refractivity contribution >= 4 is 35.4 Å². The van der Waals surface area contributed by atoms with E-state index in [-0.39, 0.29) is 17.1 Å². The number of piperazine rings is 1. The number of anilines is 3. The molecule has 46 heavy (non-hydrogen) atoms. The molecule has 2 saturated carbocycles. The highest BCUT2D eigenvalue weighted by atomic mass is 16.1. The maximum atomic E-state index is 14.2. The molecule has 0 spiro atoms. The van der Waals surface area contributed by atoms with Gasteiger partial charge in [0.25, 0.3) is 0 Å². The first-order valence-corrected chi connectivity index (χ1v) is 16.8. The molecule has 244 valence electrons. The number of ketones is 2. The number of carbonyl (C=O) groups is 3. The van der Waals surface area contributed by atoms with Crippen molar-refractivity contribution in [2.75, 3.05) is 61.3 Å². The number of allylic oxidation sites excluding steroid dienone is 6. The van der Waals surface area contributed by atoms with Crippen LogP contribution in [0.25, 0.3) is 0 Å². The third-order valence-electron chi connectivity index (χ3n) is 11.6. The standard InChI is InChI=1S/C37H48N6O3/c1-6-12-38-32-21-33(41-35(40-32)39-13-7-2)43-16-14-42(15-17-43)22-31(46)34-24(3)18-30-28-9-8-25-19-27(45)20-26(23-44)37(25,5)29(28)10-11-36(30,34)4/h6-7,10,19-21,23-24,28,30,34H,1-2,8-9,11-18,22H2,3-5H3,(H2,38,39,40,41)/t24?,28-,30+,34-,36+,37-/m1/s1. The predicted octanol–water partition coefficient (Wildman–Crippen LogP) is 5.02. The molecular weight excluding hydrogens is 576 g/mol. The molecule has 9 nitrogen and oxygen atoms in total. The SMILES string of the molecule is C=CCNc1cc(N2CCN(CC(=O)[C@H]3C(C)C[C@H]4[C@@H]5CCC6=CC(=O)C=C(C=O)[C@]6(C)C5=CC[C@]34C)CC2)nc(NCC=C)n1. The minimum absolute atomic E-state index is 0.00550. The summed E-state index contributed by atoms with van der Waals surface area (Å²) in [4.78, 5) is 52.6. The van der Waals surface area contributed by atoms with E-state index in [1.165, 1.54) is 11.6 Å². The number of nitrogens with one attached hydrogen (secondary N) is 2. The Morgan fingerprint density at radius 2 is 1.83 bits per heavy atom. The van der Waals surface area contributed by atoms with Gasteiger partial charge in [-0.3, -0.25) is 19.3 Å². The molecular formula is C37H48N6O3. The van der Waals surface area contributed by atoms with Crippen LogP contribution in [0.5, 0.6) is 0 Å². The van der Waals surface area contributed by atoms with Gasteiger partial charge in [0.05, 0.1) is 6.54 Å². The zero-order valence-corrected chi connectivity index (χ0v) is 27.6. The van der Waals surface area contributed by atoms with Crippen molar-refractivity contribution < 1.29 is 14.4 Å². The Balaban J connectivity index is 1.14. The fraction of sp³-hybridized carbons (Fsp3) is 0.541. The minimum atomic E-state index is -0.500. The largest absolute Gasteiger partial charge is 0.366 e. The Labute approximate surface area is 273 Å². The highest BCUT2D eigenvalue weighted by molar-refractivity contribution is 6.06. The van der Waals surface area contributed by atoms with E-state index in [9.17, 15) is 14.4 Å². The number of aldehydes is 1. The Morgan fingerprint density at radius 3 is 2.54 bits per heavy atom. The highest BCUT2D eigenvalue weighted by Crippen LogP contribution is 2.66. The number of nitrogens with zero attached hydrogens (tertiary/aromatic N) is 4. The van der Waals surface area contributed by atoms with Crippen molar-refractivity contribution in [1.29, 1.82) is 0 Å². The van der Waals surface area contributed by atoms with E-state index in [0.29, 0.717) is 54.7 Å². The van der Waals surface area contributed by atoms with Crippen LogP contribution in [-0.2, 0) is 14.4 Å². The van der Waals surface area contributed by atoms with Gasteiger partial charge in [-0.15, -0.1) is 13.2 Å². The van der Waals surface area contributed by atoms with E-state index >= 15 is 0 Å². The summed E-state index contributed by atoms with van der Waals surface area (Å²) in [5, 5.41) is 6.47. The van der Waals surface area contributed by atoms with Gasteiger partial charge in [-0.05, 0) is 67.9 Å². The number of hydrogen-bond donors (Lipinski definition) is 2. The van der Waals surface area contributed by atoms with Crippen LogP contribution < -0.4 is 15.5 Å². The lowest BCUT2D eigenvalue weighted by atomic mass is 9.50. The summed E-state index contributed by atoms with van der Waals surface area (Å²) in [6, 6.07) is 1.97. The maximum Gasteiger partial charge on any atom is 0.226 e. The molecule has 2 N–H and O–H groups in total. The summed E-state index contributed by atoms with van der Waals surface area (Å²) in [7, 11) is 0. The fourth-order valence-corrected chi connectivity index (χ4v) is 9.44. The smallest absolute Gasteiger partial charge is 0.226 e. The first-order chi connectivity index (χ1) is 22.1. The Bertz CT molecular complexity index is 1490. The van der Waals surface area contributed by atoms with Crippen molar-refractivity contribution in [3.8, 4) is 0 Å². The second-order valence-electron chi connectivity index (χ2n) is 14.2. The van der Waals surface area contributed by atoms with Gasteiger partial charge in [0, 0.05) is 62.2 Å². The Kier molecular flexibility index (Phi) is 8.89. The van der Waals surface area contributed by atoms with Crippen LogP contribution >= 0.6 is 0 Å². The predicted molar refractivity (Wildman–Crippen MR) is 183 cm³/mol. The van der Waals surface area contributed by atoms with Crippen molar-refractivity contribution in [2.24, 2.45) is 34.5 Å². The third-order valence-corrected chi connectivity index (χ3v) is 11.6. The van der Waals surface area contributed by atoms with E-state index in [1.807, 2.05) is 6.07 Å². The maximum absolute atomic E-state index is 14.2. The second-order valence-corrected chi connectivity index (χ2v) is 14.2. The summed E-state index contributed by atoms with van der Waals surface area (Å²) in [5.74, 6) is 3.46. The average Bonchev–Trinajstić information content (AvgIpc) is 3.32. The average molecular weight is 625 g/mol. The summed E-state index contributed by atoms with van der Waals surface area (Å²) in [6.07, 6.45) is 13.7. The molecule has 9 heteroatoms. The van der Waals surface area contributed by atoms with E-state index in [0.717, 1.165) is 75.4 Å². The van der Waals surface area contributed by atoms with Crippen LogP contribution in [0.3, 0.4) is 0 Å². The van der Waals surface area contributed by atoms with E-state index in [2.05, 4.69) is 65.4 Å². The van der Waals surface area contributed by atoms with E-state index < -0.39 is 5.41 Å². The quantitative estimate of drug-likeness (QED) is 0.259. The molecule has 6 rings (SSSR count). The lowest BCUT2D eigenvalue weighted by Crippen LogP contribution is -2.51. The van der Waals surface area contributed by atoms with Gasteiger partial charge < -0.3 is 15.5 Å². The number of aromatic nitrogens is 2. The first kappa shape index (κ1) is 32.1. The number of carbonyl (C=O) groups excluding carboxylic acids is 3. The van der Waals surface area contributed by atoms with Crippen molar-refractivity contribution in [3.05, 3.63) is 66.3 Å². The van der Waals surface area contributed by atoms with Gasteiger partial charge in [-0.2, -0.15) is 9.97 Å². The molecule has 1 saturated heterocycles.